The topological polar surface area (TPSA) is 70.2 Å². The molecule has 6 heteroatoms. The quantitative estimate of drug-likeness (QED) is 0.489. The van der Waals surface area contributed by atoms with Gasteiger partial charge in [-0.15, -0.1) is 0 Å². The second-order valence-electron chi connectivity index (χ2n) is 2.52. The molecule has 1 saturated heterocycles. The van der Waals surface area contributed by atoms with Crippen molar-refractivity contribution in [2.24, 2.45) is 0 Å². The van der Waals surface area contributed by atoms with Crippen LogP contribution in [0, 0.1) is 0 Å². The Balaban J connectivity index is 2.41. The minimum absolute atomic E-state index is 0.0486. The summed E-state index contributed by atoms with van der Waals surface area (Å²) in [6.07, 6.45) is 0.862. The molecule has 0 bridgehead atoms. The SMILES string of the molecule is CNS(=O)(=O)NC1CCNC1. The van der Waals surface area contributed by atoms with Gasteiger partial charge in [0, 0.05) is 19.6 Å². The molecule has 1 fully saturated rings. The van der Waals surface area contributed by atoms with E-state index < -0.39 is 10.2 Å². The maximum absolute atomic E-state index is 10.9. The molecule has 11 heavy (non-hydrogen) atoms. The second kappa shape index (κ2) is 3.48. The third kappa shape index (κ3) is 2.74. The van der Waals surface area contributed by atoms with Gasteiger partial charge in [-0.05, 0) is 13.0 Å². The molecule has 0 amide bonds. The van der Waals surface area contributed by atoms with Crippen molar-refractivity contribution in [1.29, 1.82) is 0 Å². The summed E-state index contributed by atoms with van der Waals surface area (Å²) in [5.41, 5.74) is 0. The zero-order valence-corrected chi connectivity index (χ0v) is 7.24. The highest BCUT2D eigenvalue weighted by Gasteiger charge is 2.19. The maximum atomic E-state index is 10.9. The summed E-state index contributed by atoms with van der Waals surface area (Å²) in [5, 5.41) is 3.06. The number of hydrogen-bond donors (Lipinski definition) is 3. The average Bonchev–Trinajstić information content (AvgIpc) is 2.39. The van der Waals surface area contributed by atoms with Crippen LogP contribution >= 0.6 is 0 Å². The fourth-order valence-corrected chi connectivity index (χ4v) is 1.79. The highest BCUT2D eigenvalue weighted by molar-refractivity contribution is 7.87. The molecule has 1 unspecified atom stereocenters. The Morgan fingerprint density at radius 1 is 1.55 bits per heavy atom. The summed E-state index contributed by atoms with van der Waals surface area (Å²) >= 11 is 0. The lowest BCUT2D eigenvalue weighted by atomic mass is 10.3. The van der Waals surface area contributed by atoms with E-state index in [4.69, 9.17) is 0 Å². The molecule has 0 radical (unpaired) electrons. The fraction of sp³-hybridized carbons (Fsp3) is 1.00. The highest BCUT2D eigenvalue weighted by Crippen LogP contribution is 1.97. The van der Waals surface area contributed by atoms with Crippen LogP contribution in [0.3, 0.4) is 0 Å². The molecule has 1 aliphatic rings. The molecule has 3 N–H and O–H groups in total. The molecular formula is C5H13N3O2S. The molecule has 1 heterocycles. The average molecular weight is 179 g/mol. The van der Waals surface area contributed by atoms with Gasteiger partial charge in [-0.1, -0.05) is 0 Å². The maximum Gasteiger partial charge on any atom is 0.276 e. The molecule has 1 aliphatic heterocycles. The molecular weight excluding hydrogens is 166 g/mol. The lowest BCUT2D eigenvalue weighted by Gasteiger charge is -2.09. The van der Waals surface area contributed by atoms with Crippen LogP contribution in [0.25, 0.3) is 0 Å². The molecule has 0 aromatic carbocycles. The van der Waals surface area contributed by atoms with E-state index in [-0.39, 0.29) is 6.04 Å². The molecule has 0 spiro atoms. The van der Waals surface area contributed by atoms with Gasteiger partial charge in [-0.25, -0.2) is 4.72 Å². The first-order chi connectivity index (χ1) is 5.14. The molecule has 0 aliphatic carbocycles. The first-order valence-electron chi connectivity index (χ1n) is 3.55. The monoisotopic (exact) mass is 179 g/mol. The Bertz CT molecular complexity index is 208. The van der Waals surface area contributed by atoms with Gasteiger partial charge in [0.25, 0.3) is 10.2 Å². The van der Waals surface area contributed by atoms with Crippen LogP contribution < -0.4 is 14.8 Å². The van der Waals surface area contributed by atoms with E-state index in [1.165, 1.54) is 7.05 Å². The van der Waals surface area contributed by atoms with Gasteiger partial charge in [0.1, 0.15) is 0 Å². The van der Waals surface area contributed by atoms with Crippen molar-refractivity contribution in [2.45, 2.75) is 12.5 Å². The summed E-state index contributed by atoms with van der Waals surface area (Å²) in [7, 11) is -1.85. The second-order valence-corrected chi connectivity index (χ2v) is 4.17. The number of hydrogen-bond acceptors (Lipinski definition) is 3. The normalized spacial score (nSPS) is 25.7. The smallest absolute Gasteiger partial charge is 0.276 e. The molecule has 1 rings (SSSR count). The summed E-state index contributed by atoms with van der Waals surface area (Å²) in [4.78, 5) is 0. The van der Waals surface area contributed by atoms with Crippen LogP contribution in [0.5, 0.6) is 0 Å². The van der Waals surface area contributed by atoms with Gasteiger partial charge < -0.3 is 5.32 Å². The van der Waals surface area contributed by atoms with Crippen molar-refractivity contribution in [2.75, 3.05) is 20.1 Å². The molecule has 0 saturated carbocycles. The predicted molar refractivity (Wildman–Crippen MR) is 42.4 cm³/mol. The van der Waals surface area contributed by atoms with Crippen molar-refractivity contribution in [1.82, 2.24) is 14.8 Å². The minimum atomic E-state index is -3.24. The third-order valence-electron chi connectivity index (χ3n) is 1.65. The Morgan fingerprint density at radius 2 is 2.27 bits per heavy atom. The van der Waals surface area contributed by atoms with E-state index in [2.05, 4.69) is 14.8 Å². The van der Waals surface area contributed by atoms with E-state index in [0.717, 1.165) is 19.5 Å². The van der Waals surface area contributed by atoms with E-state index >= 15 is 0 Å². The van der Waals surface area contributed by atoms with Crippen molar-refractivity contribution in [3.8, 4) is 0 Å². The first-order valence-corrected chi connectivity index (χ1v) is 5.04. The van der Waals surface area contributed by atoms with Gasteiger partial charge in [-0.2, -0.15) is 13.1 Å². The minimum Gasteiger partial charge on any atom is -0.315 e. The highest BCUT2D eigenvalue weighted by atomic mass is 32.2. The lowest BCUT2D eigenvalue weighted by Crippen LogP contribution is -2.42. The zero-order chi connectivity index (χ0) is 8.32. The van der Waals surface area contributed by atoms with Crippen LogP contribution in [0.2, 0.25) is 0 Å². The standard InChI is InChI=1S/C5H13N3O2S/c1-6-11(9,10)8-5-2-3-7-4-5/h5-8H,2-4H2,1H3. The van der Waals surface area contributed by atoms with E-state index in [1.807, 2.05) is 0 Å². The Kier molecular flexibility index (Phi) is 2.83. The lowest BCUT2D eigenvalue weighted by molar-refractivity contribution is 0.552. The van der Waals surface area contributed by atoms with E-state index in [9.17, 15) is 8.42 Å². The summed E-state index contributed by atoms with van der Waals surface area (Å²) in [5.74, 6) is 0. The number of rotatable bonds is 3. The largest absolute Gasteiger partial charge is 0.315 e. The van der Waals surface area contributed by atoms with Gasteiger partial charge >= 0.3 is 0 Å². The first kappa shape index (κ1) is 8.92. The Morgan fingerprint density at radius 3 is 2.73 bits per heavy atom. The van der Waals surface area contributed by atoms with Crippen LogP contribution in [0.4, 0.5) is 0 Å². The summed E-state index contributed by atoms with van der Waals surface area (Å²) in [6.45, 7) is 1.61. The van der Waals surface area contributed by atoms with Crippen LogP contribution in [-0.4, -0.2) is 34.6 Å². The van der Waals surface area contributed by atoms with Crippen molar-refractivity contribution >= 4 is 10.2 Å². The molecule has 0 aromatic heterocycles. The summed E-state index contributed by atoms with van der Waals surface area (Å²) in [6, 6.07) is 0.0486. The van der Waals surface area contributed by atoms with Crippen molar-refractivity contribution in [3.63, 3.8) is 0 Å². The molecule has 5 nitrogen and oxygen atoms in total. The summed E-state index contributed by atoms with van der Waals surface area (Å²) < 4.78 is 26.5. The molecule has 66 valence electrons. The van der Waals surface area contributed by atoms with E-state index in [1.54, 1.807) is 0 Å². The van der Waals surface area contributed by atoms with Gasteiger partial charge in [0.05, 0.1) is 0 Å². The van der Waals surface area contributed by atoms with E-state index in [0.29, 0.717) is 0 Å². The van der Waals surface area contributed by atoms with Crippen LogP contribution in [0.15, 0.2) is 0 Å². The fourth-order valence-electron chi connectivity index (χ4n) is 1.03. The molecule has 1 atom stereocenters. The van der Waals surface area contributed by atoms with Crippen molar-refractivity contribution in [3.05, 3.63) is 0 Å². The molecule has 0 aromatic rings. The van der Waals surface area contributed by atoms with Crippen LogP contribution in [0.1, 0.15) is 6.42 Å². The zero-order valence-electron chi connectivity index (χ0n) is 6.42. The van der Waals surface area contributed by atoms with Gasteiger partial charge in [0.15, 0.2) is 0 Å². The Hall–Kier alpha value is -0.170. The predicted octanol–water partition coefficient (Wildman–Crippen LogP) is -1.60. The number of nitrogens with one attached hydrogen (secondary N) is 3. The Labute approximate surface area is 66.7 Å². The van der Waals surface area contributed by atoms with Crippen molar-refractivity contribution < 1.29 is 8.42 Å². The van der Waals surface area contributed by atoms with Crippen LogP contribution in [-0.2, 0) is 10.2 Å². The third-order valence-corrected chi connectivity index (χ3v) is 2.83. The van der Waals surface area contributed by atoms with Gasteiger partial charge in [0.2, 0.25) is 0 Å². The van der Waals surface area contributed by atoms with Gasteiger partial charge in [-0.3, -0.25) is 0 Å².